The first kappa shape index (κ1) is 17.2. The molecule has 0 unspecified atom stereocenters. The third-order valence-corrected chi connectivity index (χ3v) is 4.07. The van der Waals surface area contributed by atoms with Crippen LogP contribution in [-0.4, -0.2) is 15.9 Å². The van der Waals surface area contributed by atoms with Crippen LogP contribution in [0.15, 0.2) is 60.3 Å². The lowest BCUT2D eigenvalue weighted by Gasteiger charge is -2.33. The van der Waals surface area contributed by atoms with Crippen LogP contribution >= 0.6 is 0 Å². The van der Waals surface area contributed by atoms with Gasteiger partial charge in [0.05, 0.1) is 16.3 Å². The molecule has 0 aromatic heterocycles. The van der Waals surface area contributed by atoms with Gasteiger partial charge in [0.1, 0.15) is 17.1 Å². The second-order valence-electron chi connectivity index (χ2n) is 5.71. The van der Waals surface area contributed by atoms with E-state index in [0.29, 0.717) is 5.56 Å². The number of rotatable bonds is 4. The van der Waals surface area contributed by atoms with E-state index < -0.39 is 22.4 Å². The highest BCUT2D eigenvalue weighted by molar-refractivity contribution is 6.07. The summed E-state index contributed by atoms with van der Waals surface area (Å²) >= 11 is 0. The van der Waals surface area contributed by atoms with Gasteiger partial charge in [0.25, 0.3) is 11.6 Å². The molecule has 1 amide bonds. The number of nitrogens with zero attached hydrogens (tertiary/aromatic N) is 2. The topological polar surface area (TPSA) is 110 Å². The Morgan fingerprint density at radius 1 is 1.31 bits per heavy atom. The van der Waals surface area contributed by atoms with Crippen LogP contribution in [-0.2, 0) is 11.3 Å². The number of fused-ring (bicyclic) bond motifs is 1. The van der Waals surface area contributed by atoms with Crippen LogP contribution in [0.2, 0.25) is 0 Å². The average Bonchev–Trinajstić information content (AvgIpc) is 2.58. The van der Waals surface area contributed by atoms with Crippen molar-refractivity contribution < 1.29 is 19.2 Å². The Bertz CT molecular complexity index is 984. The van der Waals surface area contributed by atoms with Gasteiger partial charge in [0, 0.05) is 24.2 Å². The molecule has 132 valence electrons. The molecule has 0 aliphatic carbocycles. The molecule has 1 aliphatic rings. The van der Waals surface area contributed by atoms with E-state index in [-0.39, 0.29) is 34.8 Å². The molecule has 2 aromatic rings. The largest absolute Gasteiger partial charge is 0.506 e. The fourth-order valence-corrected chi connectivity index (χ4v) is 2.87. The smallest absolute Gasteiger partial charge is 0.271 e. The molecule has 0 saturated heterocycles. The lowest BCUT2D eigenvalue weighted by molar-refractivity contribution is -0.384. The predicted octanol–water partition coefficient (Wildman–Crippen LogP) is 3.02. The fraction of sp³-hybridized carbons (Fsp3) is 0.0556. The van der Waals surface area contributed by atoms with Crippen molar-refractivity contribution >= 4 is 23.0 Å². The summed E-state index contributed by atoms with van der Waals surface area (Å²) in [4.78, 5) is 23.8. The molecule has 26 heavy (non-hydrogen) atoms. The number of nitrogens with two attached hydrogens (primary N) is 1. The summed E-state index contributed by atoms with van der Waals surface area (Å²) in [6, 6.07) is 9.57. The molecule has 0 fully saturated rings. The Kier molecular flexibility index (Phi) is 4.17. The predicted molar refractivity (Wildman–Crippen MR) is 93.6 cm³/mol. The van der Waals surface area contributed by atoms with Gasteiger partial charge in [-0.15, -0.1) is 0 Å². The number of carbonyl (C=O) groups excluding carboxylic acids is 1. The number of halogens is 1. The highest BCUT2D eigenvalue weighted by Crippen LogP contribution is 2.41. The lowest BCUT2D eigenvalue weighted by Crippen LogP contribution is -2.32. The molecule has 1 aliphatic heterocycles. The van der Waals surface area contributed by atoms with Gasteiger partial charge in [0.15, 0.2) is 0 Å². The number of primary amides is 1. The normalized spacial score (nSPS) is 13.6. The molecular weight excluding hydrogens is 341 g/mol. The van der Waals surface area contributed by atoms with Crippen LogP contribution in [0.4, 0.5) is 15.8 Å². The Morgan fingerprint density at radius 3 is 2.65 bits per heavy atom. The number of nitro benzene ring substituents is 1. The highest BCUT2D eigenvalue weighted by atomic mass is 19.1. The number of nitro groups is 1. The molecule has 0 bridgehead atoms. The third kappa shape index (κ3) is 2.88. The Morgan fingerprint density at radius 2 is 2.04 bits per heavy atom. The number of amides is 1. The molecule has 0 atom stereocenters. The van der Waals surface area contributed by atoms with Gasteiger partial charge >= 0.3 is 0 Å². The maximum atomic E-state index is 13.5. The quantitative estimate of drug-likeness (QED) is 0.647. The number of hydrogen-bond donors (Lipinski definition) is 2. The number of aliphatic hydroxyl groups is 1. The van der Waals surface area contributed by atoms with Gasteiger partial charge in [-0.3, -0.25) is 14.9 Å². The molecule has 1 heterocycles. The number of aliphatic hydroxyl groups excluding tert-OH is 1. The summed E-state index contributed by atoms with van der Waals surface area (Å²) in [7, 11) is 0. The first-order valence-electron chi connectivity index (χ1n) is 7.52. The van der Waals surface area contributed by atoms with Crippen LogP contribution in [0.25, 0.3) is 5.76 Å². The van der Waals surface area contributed by atoms with Crippen molar-refractivity contribution in [3.8, 4) is 0 Å². The van der Waals surface area contributed by atoms with Gasteiger partial charge in [-0.2, -0.15) is 0 Å². The van der Waals surface area contributed by atoms with Gasteiger partial charge in [-0.05, 0) is 23.8 Å². The Balaban J connectivity index is 2.17. The van der Waals surface area contributed by atoms with Crippen LogP contribution in [0.5, 0.6) is 0 Å². The van der Waals surface area contributed by atoms with E-state index in [4.69, 9.17) is 5.73 Å². The zero-order valence-electron chi connectivity index (χ0n) is 13.5. The summed E-state index contributed by atoms with van der Waals surface area (Å²) in [5.74, 6) is -1.73. The van der Waals surface area contributed by atoms with Crippen LogP contribution in [0, 0.1) is 15.9 Å². The maximum Gasteiger partial charge on any atom is 0.271 e. The van der Waals surface area contributed by atoms with E-state index in [9.17, 15) is 24.4 Å². The Labute approximate surface area is 147 Å². The van der Waals surface area contributed by atoms with E-state index in [2.05, 4.69) is 6.58 Å². The van der Waals surface area contributed by atoms with Crippen LogP contribution < -0.4 is 10.6 Å². The van der Waals surface area contributed by atoms with Gasteiger partial charge in [-0.1, -0.05) is 18.7 Å². The molecule has 0 saturated carbocycles. The molecule has 3 rings (SSSR count). The maximum absolute atomic E-state index is 13.5. The molecule has 3 N–H and O–H groups in total. The van der Waals surface area contributed by atoms with Crippen molar-refractivity contribution in [3.63, 3.8) is 0 Å². The third-order valence-electron chi connectivity index (χ3n) is 4.07. The van der Waals surface area contributed by atoms with Gasteiger partial charge in [-0.25, -0.2) is 4.39 Å². The summed E-state index contributed by atoms with van der Waals surface area (Å²) in [6.07, 6.45) is 0. The van der Waals surface area contributed by atoms with Crippen molar-refractivity contribution in [2.45, 2.75) is 6.54 Å². The number of anilines is 1. The number of benzene rings is 2. The summed E-state index contributed by atoms with van der Waals surface area (Å²) in [6.45, 7) is 3.86. The van der Waals surface area contributed by atoms with Crippen molar-refractivity contribution in [3.05, 3.63) is 87.4 Å². The average molecular weight is 355 g/mol. The summed E-state index contributed by atoms with van der Waals surface area (Å²) in [5, 5.41) is 21.5. The number of hydrogen-bond acceptors (Lipinski definition) is 5. The zero-order valence-corrected chi connectivity index (χ0v) is 13.5. The summed E-state index contributed by atoms with van der Waals surface area (Å²) in [5.41, 5.74) is 6.06. The molecular formula is C18H14FN3O4. The van der Waals surface area contributed by atoms with Gasteiger partial charge in [0.2, 0.25) is 0 Å². The standard InChI is InChI=1S/C18H14FN3O4/c1-10-16(18(20)24)17(23)14-6-5-13(22(25)26)8-15(14)21(10)9-11-3-2-4-12(19)7-11/h2-8,23H,1,9H2,(H2,20,24). The zero-order chi connectivity index (χ0) is 19.0. The minimum absolute atomic E-state index is 0.0762. The number of carbonyl (C=O) groups is 1. The van der Waals surface area contributed by atoms with Crippen LogP contribution in [0.1, 0.15) is 11.1 Å². The first-order chi connectivity index (χ1) is 12.3. The molecule has 2 aromatic carbocycles. The number of non-ortho nitro benzene ring substituents is 1. The van der Waals surface area contributed by atoms with Crippen molar-refractivity contribution in [2.24, 2.45) is 5.73 Å². The highest BCUT2D eigenvalue weighted by Gasteiger charge is 2.32. The summed E-state index contributed by atoms with van der Waals surface area (Å²) < 4.78 is 13.5. The van der Waals surface area contributed by atoms with Crippen molar-refractivity contribution in [1.29, 1.82) is 0 Å². The van der Waals surface area contributed by atoms with Crippen molar-refractivity contribution in [1.82, 2.24) is 0 Å². The second-order valence-corrected chi connectivity index (χ2v) is 5.71. The second kappa shape index (κ2) is 6.32. The monoisotopic (exact) mass is 355 g/mol. The molecule has 8 heteroatoms. The van der Waals surface area contributed by atoms with E-state index in [1.807, 2.05) is 0 Å². The van der Waals surface area contributed by atoms with Crippen molar-refractivity contribution in [2.75, 3.05) is 4.90 Å². The van der Waals surface area contributed by atoms with E-state index in [1.165, 1.54) is 41.3 Å². The SMILES string of the molecule is C=C1C(C(N)=O)=C(O)c2ccc([N+](=O)[O-])cc2N1Cc1cccc(F)c1. The van der Waals surface area contributed by atoms with E-state index in [1.54, 1.807) is 6.07 Å². The van der Waals surface area contributed by atoms with Crippen LogP contribution in [0.3, 0.4) is 0 Å². The van der Waals surface area contributed by atoms with E-state index >= 15 is 0 Å². The van der Waals surface area contributed by atoms with Gasteiger partial charge < -0.3 is 15.7 Å². The first-order valence-corrected chi connectivity index (χ1v) is 7.52. The minimum atomic E-state index is -0.888. The molecule has 0 spiro atoms. The Hall–Kier alpha value is -3.68. The lowest BCUT2D eigenvalue weighted by atomic mass is 9.96. The van der Waals surface area contributed by atoms with E-state index in [0.717, 1.165) is 0 Å². The molecule has 0 radical (unpaired) electrons. The minimum Gasteiger partial charge on any atom is -0.506 e. The fourth-order valence-electron chi connectivity index (χ4n) is 2.87. The molecule has 7 nitrogen and oxygen atoms in total.